The SMILES string of the molecule is COCCN(CC(=O)O)C(=O)c1sc(N)nc1C. The molecule has 0 bridgehead atoms. The molecule has 0 saturated heterocycles. The average Bonchev–Trinajstić information content (AvgIpc) is 2.62. The molecule has 7 nitrogen and oxygen atoms in total. The maximum Gasteiger partial charge on any atom is 0.323 e. The Morgan fingerprint density at radius 1 is 1.56 bits per heavy atom. The quantitative estimate of drug-likeness (QED) is 0.767. The number of carboxylic acid groups (broad SMARTS) is 1. The van der Waals surface area contributed by atoms with Crippen molar-refractivity contribution in [1.82, 2.24) is 9.88 Å². The van der Waals surface area contributed by atoms with E-state index in [0.29, 0.717) is 10.6 Å². The fourth-order valence-corrected chi connectivity index (χ4v) is 2.18. The highest BCUT2D eigenvalue weighted by atomic mass is 32.1. The van der Waals surface area contributed by atoms with Crippen LogP contribution in [0.4, 0.5) is 5.13 Å². The molecule has 0 aliphatic rings. The number of aryl methyl sites for hydroxylation is 1. The molecule has 1 aromatic rings. The lowest BCUT2D eigenvalue weighted by Crippen LogP contribution is -2.37. The largest absolute Gasteiger partial charge is 0.480 e. The fraction of sp³-hybridized carbons (Fsp3) is 0.500. The molecule has 1 heterocycles. The van der Waals surface area contributed by atoms with E-state index in [1.165, 1.54) is 12.0 Å². The maximum absolute atomic E-state index is 12.1. The first-order chi connectivity index (χ1) is 8.45. The maximum atomic E-state index is 12.1. The molecular formula is C10H15N3O4S. The van der Waals surface area contributed by atoms with Crippen LogP contribution >= 0.6 is 11.3 Å². The van der Waals surface area contributed by atoms with E-state index >= 15 is 0 Å². The van der Waals surface area contributed by atoms with Crippen LogP contribution in [-0.4, -0.2) is 53.7 Å². The minimum atomic E-state index is -1.07. The number of ether oxygens (including phenoxy) is 1. The number of thiazole rings is 1. The van der Waals surface area contributed by atoms with Gasteiger partial charge in [-0.25, -0.2) is 4.98 Å². The molecule has 100 valence electrons. The fourth-order valence-electron chi connectivity index (χ4n) is 1.38. The van der Waals surface area contributed by atoms with Gasteiger partial charge in [0, 0.05) is 13.7 Å². The number of carbonyl (C=O) groups excluding carboxylic acids is 1. The Morgan fingerprint density at radius 3 is 2.67 bits per heavy atom. The molecule has 3 N–H and O–H groups in total. The summed E-state index contributed by atoms with van der Waals surface area (Å²) in [5.74, 6) is -1.46. The van der Waals surface area contributed by atoms with Crippen LogP contribution in [0.1, 0.15) is 15.4 Å². The highest BCUT2D eigenvalue weighted by Gasteiger charge is 2.22. The van der Waals surface area contributed by atoms with Crippen LogP contribution in [0.25, 0.3) is 0 Å². The van der Waals surface area contributed by atoms with Gasteiger partial charge >= 0.3 is 5.97 Å². The molecule has 0 spiro atoms. The Hall–Kier alpha value is -1.67. The van der Waals surface area contributed by atoms with E-state index in [1.54, 1.807) is 6.92 Å². The summed E-state index contributed by atoms with van der Waals surface area (Å²) in [7, 11) is 1.49. The smallest absolute Gasteiger partial charge is 0.323 e. The molecule has 0 saturated carbocycles. The van der Waals surface area contributed by atoms with Crippen LogP contribution in [0.5, 0.6) is 0 Å². The summed E-state index contributed by atoms with van der Waals surface area (Å²) in [6.07, 6.45) is 0. The number of rotatable bonds is 6. The Labute approximate surface area is 108 Å². The first-order valence-electron chi connectivity index (χ1n) is 5.18. The second kappa shape index (κ2) is 6.31. The number of nitrogen functional groups attached to an aromatic ring is 1. The number of methoxy groups -OCH3 is 1. The summed E-state index contributed by atoms with van der Waals surface area (Å²) >= 11 is 1.05. The molecule has 1 rings (SSSR count). The average molecular weight is 273 g/mol. The molecule has 0 aliphatic carbocycles. The van der Waals surface area contributed by atoms with Crippen molar-refractivity contribution in [2.45, 2.75) is 6.92 Å². The number of hydrogen-bond donors (Lipinski definition) is 2. The number of carboxylic acids is 1. The monoisotopic (exact) mass is 273 g/mol. The van der Waals surface area contributed by atoms with Crippen LogP contribution in [0, 0.1) is 6.92 Å². The Kier molecular flexibility index (Phi) is 5.05. The molecule has 1 aromatic heterocycles. The van der Waals surface area contributed by atoms with Crippen LogP contribution < -0.4 is 5.73 Å². The molecule has 0 aliphatic heterocycles. The zero-order valence-corrected chi connectivity index (χ0v) is 11.0. The number of amides is 1. The zero-order valence-electron chi connectivity index (χ0n) is 10.2. The lowest BCUT2D eigenvalue weighted by Gasteiger charge is -2.19. The minimum absolute atomic E-state index is 0.207. The van der Waals surface area contributed by atoms with Crippen molar-refractivity contribution in [3.8, 4) is 0 Å². The summed E-state index contributed by atoms with van der Waals surface area (Å²) in [6, 6.07) is 0. The summed E-state index contributed by atoms with van der Waals surface area (Å²) in [4.78, 5) is 28.4. The lowest BCUT2D eigenvalue weighted by molar-refractivity contribution is -0.137. The number of hydrogen-bond acceptors (Lipinski definition) is 6. The summed E-state index contributed by atoms with van der Waals surface area (Å²) in [6.45, 7) is 1.76. The van der Waals surface area contributed by atoms with Crippen LogP contribution in [-0.2, 0) is 9.53 Å². The number of nitrogens with two attached hydrogens (primary N) is 1. The predicted molar refractivity (Wildman–Crippen MR) is 66.7 cm³/mol. The van der Waals surface area contributed by atoms with E-state index < -0.39 is 5.97 Å². The van der Waals surface area contributed by atoms with Gasteiger partial charge in [-0.1, -0.05) is 11.3 Å². The van der Waals surface area contributed by atoms with E-state index in [2.05, 4.69) is 4.98 Å². The van der Waals surface area contributed by atoms with Gasteiger partial charge in [-0.3, -0.25) is 9.59 Å². The molecular weight excluding hydrogens is 258 g/mol. The van der Waals surface area contributed by atoms with Gasteiger partial charge in [-0.15, -0.1) is 0 Å². The normalized spacial score (nSPS) is 10.3. The highest BCUT2D eigenvalue weighted by molar-refractivity contribution is 7.17. The van der Waals surface area contributed by atoms with Crippen LogP contribution in [0.2, 0.25) is 0 Å². The van der Waals surface area contributed by atoms with E-state index in [0.717, 1.165) is 11.3 Å². The first-order valence-corrected chi connectivity index (χ1v) is 6.00. The Bertz CT molecular complexity index is 446. The Balaban J connectivity index is 2.87. The molecule has 0 radical (unpaired) electrons. The van der Waals surface area contributed by atoms with Gasteiger partial charge in [0.1, 0.15) is 11.4 Å². The van der Waals surface area contributed by atoms with Crippen molar-refractivity contribution in [3.63, 3.8) is 0 Å². The third-order valence-corrected chi connectivity index (χ3v) is 3.16. The number of nitrogens with zero attached hydrogens (tertiary/aromatic N) is 2. The van der Waals surface area contributed by atoms with Gasteiger partial charge < -0.3 is 20.5 Å². The van der Waals surface area contributed by atoms with Crippen LogP contribution in [0.3, 0.4) is 0 Å². The van der Waals surface area contributed by atoms with Gasteiger partial charge in [-0.2, -0.15) is 0 Å². The third kappa shape index (κ3) is 3.67. The molecule has 8 heteroatoms. The van der Waals surface area contributed by atoms with Gasteiger partial charge in [0.25, 0.3) is 5.91 Å². The zero-order chi connectivity index (χ0) is 13.7. The number of aliphatic carboxylic acids is 1. The predicted octanol–water partition coefficient (Wildman–Crippen LogP) is 0.207. The topological polar surface area (TPSA) is 106 Å². The molecule has 0 fully saturated rings. The first kappa shape index (κ1) is 14.4. The van der Waals surface area contributed by atoms with E-state index in [4.69, 9.17) is 15.6 Å². The molecule has 1 amide bonds. The molecule has 18 heavy (non-hydrogen) atoms. The standard InChI is InChI=1S/C10H15N3O4S/c1-6-8(18-10(11)12-6)9(16)13(3-4-17-2)5-7(14)15/h3-5H2,1-2H3,(H2,11,12)(H,14,15). The van der Waals surface area contributed by atoms with Gasteiger partial charge in [0.05, 0.1) is 12.3 Å². The number of anilines is 1. The third-order valence-electron chi connectivity index (χ3n) is 2.19. The van der Waals surface area contributed by atoms with Crippen molar-refractivity contribution < 1.29 is 19.4 Å². The minimum Gasteiger partial charge on any atom is -0.480 e. The second-order valence-corrected chi connectivity index (χ2v) is 4.61. The van der Waals surface area contributed by atoms with E-state index in [1.807, 2.05) is 0 Å². The van der Waals surface area contributed by atoms with Gasteiger partial charge in [0.2, 0.25) is 0 Å². The van der Waals surface area contributed by atoms with Crippen molar-refractivity contribution in [2.75, 3.05) is 32.5 Å². The molecule has 0 atom stereocenters. The van der Waals surface area contributed by atoms with Gasteiger partial charge in [0.15, 0.2) is 5.13 Å². The molecule has 0 aromatic carbocycles. The highest BCUT2D eigenvalue weighted by Crippen LogP contribution is 2.21. The summed E-state index contributed by atoms with van der Waals surface area (Å²) in [5, 5.41) is 9.07. The second-order valence-electron chi connectivity index (χ2n) is 3.58. The molecule has 0 unspecified atom stereocenters. The van der Waals surface area contributed by atoms with Gasteiger partial charge in [-0.05, 0) is 6.92 Å². The summed E-state index contributed by atoms with van der Waals surface area (Å²) in [5.41, 5.74) is 6.02. The van der Waals surface area contributed by atoms with Crippen molar-refractivity contribution in [1.29, 1.82) is 0 Å². The number of aromatic nitrogens is 1. The van der Waals surface area contributed by atoms with Crippen LogP contribution in [0.15, 0.2) is 0 Å². The number of carbonyl (C=O) groups is 2. The Morgan fingerprint density at radius 2 is 2.22 bits per heavy atom. The van der Waals surface area contributed by atoms with E-state index in [9.17, 15) is 9.59 Å². The van der Waals surface area contributed by atoms with Crippen molar-refractivity contribution in [2.24, 2.45) is 0 Å². The van der Waals surface area contributed by atoms with E-state index in [-0.39, 0.29) is 30.7 Å². The van der Waals surface area contributed by atoms with Crippen molar-refractivity contribution in [3.05, 3.63) is 10.6 Å². The summed E-state index contributed by atoms with van der Waals surface area (Å²) < 4.78 is 4.85. The lowest BCUT2D eigenvalue weighted by atomic mass is 10.3. The van der Waals surface area contributed by atoms with Crippen molar-refractivity contribution >= 4 is 28.3 Å².